The molecule has 0 heterocycles. The van der Waals surface area contributed by atoms with E-state index in [0.717, 1.165) is 36.8 Å². The zero-order valence-corrected chi connectivity index (χ0v) is 14.5. The molecular formula is C20H26N2O3. The van der Waals surface area contributed by atoms with Crippen LogP contribution in [-0.2, 0) is 21.6 Å². The van der Waals surface area contributed by atoms with Crippen LogP contribution < -0.4 is 10.6 Å². The van der Waals surface area contributed by atoms with Crippen LogP contribution in [0.15, 0.2) is 35.9 Å². The molecule has 134 valence electrons. The first-order valence-electron chi connectivity index (χ1n) is 9.13. The van der Waals surface area contributed by atoms with Gasteiger partial charge in [0.05, 0.1) is 6.54 Å². The molecule has 3 rings (SSSR count). The van der Waals surface area contributed by atoms with E-state index in [4.69, 9.17) is 0 Å². The van der Waals surface area contributed by atoms with E-state index >= 15 is 0 Å². The topological polar surface area (TPSA) is 78.4 Å². The summed E-state index contributed by atoms with van der Waals surface area (Å²) in [7, 11) is 0. The van der Waals surface area contributed by atoms with Crippen LogP contribution in [-0.4, -0.2) is 30.0 Å². The average molecular weight is 342 g/mol. The number of carbonyl (C=O) groups excluding carboxylic acids is 2. The van der Waals surface area contributed by atoms with E-state index in [-0.39, 0.29) is 6.54 Å². The van der Waals surface area contributed by atoms with Crippen molar-refractivity contribution in [3.8, 4) is 0 Å². The number of fused-ring (bicyclic) bond motifs is 1. The summed E-state index contributed by atoms with van der Waals surface area (Å²) in [5, 5.41) is 16.0. The lowest BCUT2D eigenvalue weighted by Gasteiger charge is -2.24. The molecule has 2 amide bonds. The van der Waals surface area contributed by atoms with E-state index in [0.29, 0.717) is 13.0 Å². The summed E-state index contributed by atoms with van der Waals surface area (Å²) in [5.74, 6) is -1.32. The quantitative estimate of drug-likeness (QED) is 0.565. The Morgan fingerprint density at radius 2 is 1.88 bits per heavy atom. The van der Waals surface area contributed by atoms with Gasteiger partial charge in [0.1, 0.15) is 5.60 Å². The van der Waals surface area contributed by atoms with Crippen molar-refractivity contribution < 1.29 is 14.7 Å². The van der Waals surface area contributed by atoms with Gasteiger partial charge in [-0.05, 0) is 56.1 Å². The zero-order valence-electron chi connectivity index (χ0n) is 14.5. The van der Waals surface area contributed by atoms with Crippen LogP contribution in [0, 0.1) is 0 Å². The summed E-state index contributed by atoms with van der Waals surface area (Å²) in [4.78, 5) is 23.9. The molecular weight excluding hydrogens is 316 g/mol. The van der Waals surface area contributed by atoms with Crippen LogP contribution in [0.1, 0.15) is 49.7 Å². The molecule has 5 nitrogen and oxygen atoms in total. The summed E-state index contributed by atoms with van der Waals surface area (Å²) in [6, 6.07) is 7.69. The molecule has 1 aromatic carbocycles. The molecule has 0 saturated heterocycles. The first-order chi connectivity index (χ1) is 12.1. The standard InChI is InChI=1S/C20H26N2O3/c23-18(21-13-11-15-6-2-1-3-7-15)19(24)22-14-20(25)12-10-16-8-4-5-9-17(16)20/h4-6,8-9,25H,1-3,7,10-14H2,(H,21,23)(H,22,24)/t20-/m1/s1. The molecule has 2 aliphatic carbocycles. The molecule has 0 aromatic heterocycles. The lowest BCUT2D eigenvalue weighted by Crippen LogP contribution is -2.45. The van der Waals surface area contributed by atoms with Crippen LogP contribution in [0.4, 0.5) is 0 Å². The van der Waals surface area contributed by atoms with Crippen LogP contribution in [0.3, 0.4) is 0 Å². The van der Waals surface area contributed by atoms with E-state index in [1.165, 1.54) is 18.4 Å². The zero-order chi connectivity index (χ0) is 17.7. The van der Waals surface area contributed by atoms with Crippen molar-refractivity contribution in [2.45, 2.75) is 50.5 Å². The Bertz CT molecular complexity index is 683. The van der Waals surface area contributed by atoms with Crippen LogP contribution >= 0.6 is 0 Å². The van der Waals surface area contributed by atoms with Gasteiger partial charge in [-0.15, -0.1) is 0 Å². The number of amides is 2. The Morgan fingerprint density at radius 3 is 2.68 bits per heavy atom. The molecule has 0 unspecified atom stereocenters. The molecule has 1 atom stereocenters. The molecule has 3 N–H and O–H groups in total. The molecule has 0 bridgehead atoms. The van der Waals surface area contributed by atoms with Gasteiger partial charge < -0.3 is 15.7 Å². The van der Waals surface area contributed by atoms with Gasteiger partial charge in [0.25, 0.3) is 0 Å². The maximum Gasteiger partial charge on any atom is 0.309 e. The normalized spacial score (nSPS) is 22.0. The van der Waals surface area contributed by atoms with Crippen molar-refractivity contribution in [1.82, 2.24) is 10.6 Å². The molecule has 25 heavy (non-hydrogen) atoms. The summed E-state index contributed by atoms with van der Waals surface area (Å²) in [6.45, 7) is 0.534. The van der Waals surface area contributed by atoms with Gasteiger partial charge in [0.15, 0.2) is 0 Å². The predicted molar refractivity (Wildman–Crippen MR) is 95.8 cm³/mol. The van der Waals surface area contributed by atoms with Crippen LogP contribution in [0.5, 0.6) is 0 Å². The summed E-state index contributed by atoms with van der Waals surface area (Å²) >= 11 is 0. The first kappa shape index (κ1) is 17.7. The van der Waals surface area contributed by atoms with Gasteiger partial charge in [-0.3, -0.25) is 9.59 Å². The smallest absolute Gasteiger partial charge is 0.309 e. The third kappa shape index (κ3) is 4.28. The van der Waals surface area contributed by atoms with Crippen LogP contribution in [0.25, 0.3) is 0 Å². The Labute approximate surface area is 148 Å². The van der Waals surface area contributed by atoms with E-state index in [1.54, 1.807) is 0 Å². The molecule has 2 aliphatic rings. The largest absolute Gasteiger partial charge is 0.383 e. The average Bonchev–Trinajstić information content (AvgIpc) is 2.98. The van der Waals surface area contributed by atoms with Crippen molar-refractivity contribution in [1.29, 1.82) is 0 Å². The minimum atomic E-state index is -1.08. The summed E-state index contributed by atoms with van der Waals surface area (Å²) < 4.78 is 0. The lowest BCUT2D eigenvalue weighted by atomic mass is 9.96. The number of rotatable bonds is 5. The first-order valence-corrected chi connectivity index (χ1v) is 9.13. The number of hydrogen-bond acceptors (Lipinski definition) is 3. The summed E-state index contributed by atoms with van der Waals surface area (Å²) in [5.41, 5.74) is 2.23. The Balaban J connectivity index is 1.44. The summed E-state index contributed by atoms with van der Waals surface area (Å²) in [6.07, 6.45) is 9.04. The lowest BCUT2D eigenvalue weighted by molar-refractivity contribution is -0.139. The number of aliphatic hydroxyl groups is 1. The molecule has 5 heteroatoms. The number of carbonyl (C=O) groups is 2. The minimum absolute atomic E-state index is 0.0570. The molecule has 0 radical (unpaired) electrons. The van der Waals surface area contributed by atoms with Crippen molar-refractivity contribution in [2.24, 2.45) is 0 Å². The fourth-order valence-corrected chi connectivity index (χ4v) is 3.71. The second-order valence-electron chi connectivity index (χ2n) is 6.99. The Hall–Kier alpha value is -2.14. The SMILES string of the molecule is O=C(NCCC1=CCCCC1)C(=O)NC[C@]1(O)CCc2ccccc21. The second-order valence-corrected chi connectivity index (χ2v) is 6.99. The van der Waals surface area contributed by atoms with Gasteiger partial charge in [-0.25, -0.2) is 0 Å². The predicted octanol–water partition coefficient (Wildman–Crippen LogP) is 1.94. The highest BCUT2D eigenvalue weighted by atomic mass is 16.3. The number of allylic oxidation sites excluding steroid dienone is 1. The van der Waals surface area contributed by atoms with Crippen molar-refractivity contribution in [2.75, 3.05) is 13.1 Å². The van der Waals surface area contributed by atoms with E-state index < -0.39 is 17.4 Å². The van der Waals surface area contributed by atoms with Crippen molar-refractivity contribution in [3.05, 3.63) is 47.0 Å². The number of benzene rings is 1. The van der Waals surface area contributed by atoms with E-state index in [1.807, 2.05) is 24.3 Å². The molecule has 0 aliphatic heterocycles. The number of nitrogens with one attached hydrogen (secondary N) is 2. The number of aryl methyl sites for hydroxylation is 1. The monoisotopic (exact) mass is 342 g/mol. The van der Waals surface area contributed by atoms with Gasteiger partial charge in [-0.1, -0.05) is 35.9 Å². The van der Waals surface area contributed by atoms with Gasteiger partial charge >= 0.3 is 11.8 Å². The van der Waals surface area contributed by atoms with Gasteiger partial charge in [0, 0.05) is 6.54 Å². The third-order valence-electron chi connectivity index (χ3n) is 5.19. The van der Waals surface area contributed by atoms with E-state index in [9.17, 15) is 14.7 Å². The maximum atomic E-state index is 12.0. The third-order valence-corrected chi connectivity index (χ3v) is 5.19. The highest BCUT2D eigenvalue weighted by Crippen LogP contribution is 2.36. The van der Waals surface area contributed by atoms with Gasteiger partial charge in [-0.2, -0.15) is 0 Å². The highest BCUT2D eigenvalue weighted by Gasteiger charge is 2.36. The minimum Gasteiger partial charge on any atom is -0.383 e. The highest BCUT2D eigenvalue weighted by molar-refractivity contribution is 6.35. The van der Waals surface area contributed by atoms with Crippen molar-refractivity contribution in [3.63, 3.8) is 0 Å². The maximum absolute atomic E-state index is 12.0. The number of hydrogen-bond donors (Lipinski definition) is 3. The van der Waals surface area contributed by atoms with Crippen molar-refractivity contribution >= 4 is 11.8 Å². The molecule has 1 aromatic rings. The second kappa shape index (κ2) is 7.83. The van der Waals surface area contributed by atoms with E-state index in [2.05, 4.69) is 16.7 Å². The Morgan fingerprint density at radius 1 is 1.08 bits per heavy atom. The molecule has 0 saturated carbocycles. The van der Waals surface area contributed by atoms with Gasteiger partial charge in [0.2, 0.25) is 0 Å². The fourth-order valence-electron chi connectivity index (χ4n) is 3.71. The molecule has 0 fully saturated rings. The van der Waals surface area contributed by atoms with Crippen LogP contribution in [0.2, 0.25) is 0 Å². The fraction of sp³-hybridized carbons (Fsp3) is 0.500. The Kier molecular flexibility index (Phi) is 5.53. The molecule has 0 spiro atoms.